The van der Waals surface area contributed by atoms with E-state index in [0.29, 0.717) is 24.8 Å². The summed E-state index contributed by atoms with van der Waals surface area (Å²) in [5.74, 6) is -0.878. The Labute approximate surface area is 163 Å². The quantitative estimate of drug-likeness (QED) is 0.335. The molecule has 0 atom stereocenters. The predicted molar refractivity (Wildman–Crippen MR) is 104 cm³/mol. The monoisotopic (exact) mass is 406 g/mol. The van der Waals surface area contributed by atoms with Gasteiger partial charge in [0.05, 0.1) is 9.82 Å². The van der Waals surface area contributed by atoms with Gasteiger partial charge in [0.1, 0.15) is 0 Å². The largest absolute Gasteiger partial charge is 0.481 e. The number of aliphatic carboxylic acids is 1. The number of hydrogen-bond donors (Lipinski definition) is 2. The molecule has 150 valence electrons. The highest BCUT2D eigenvalue weighted by molar-refractivity contribution is 7.89. The number of carboxylic acid groups (broad SMARTS) is 1. The van der Waals surface area contributed by atoms with Crippen molar-refractivity contribution in [2.24, 2.45) is 0 Å². The van der Waals surface area contributed by atoms with Crippen molar-refractivity contribution < 1.29 is 23.2 Å². The van der Waals surface area contributed by atoms with Gasteiger partial charge in [-0.25, -0.2) is 13.1 Å². The molecule has 2 N–H and O–H groups in total. The number of hydrogen-bond acceptors (Lipinski definition) is 5. The first-order valence-electron chi connectivity index (χ1n) is 8.82. The van der Waals surface area contributed by atoms with Crippen molar-refractivity contribution in [2.45, 2.75) is 37.0 Å². The highest BCUT2D eigenvalue weighted by Gasteiger charge is 2.21. The number of carbonyl (C=O) groups is 1. The zero-order chi connectivity index (χ0) is 20.6. The highest BCUT2D eigenvalue weighted by Crippen LogP contribution is 2.24. The summed E-state index contributed by atoms with van der Waals surface area (Å²) in [7, 11) is -3.85. The Morgan fingerprint density at radius 1 is 1.07 bits per heavy atom. The Kier molecular flexibility index (Phi) is 7.65. The van der Waals surface area contributed by atoms with Crippen LogP contribution in [0.5, 0.6) is 0 Å². The van der Waals surface area contributed by atoms with E-state index in [9.17, 15) is 23.3 Å². The minimum Gasteiger partial charge on any atom is -0.481 e. The Morgan fingerprint density at radius 3 is 2.43 bits per heavy atom. The number of nitrogens with one attached hydrogen (secondary N) is 1. The van der Waals surface area contributed by atoms with Gasteiger partial charge in [0.25, 0.3) is 5.69 Å². The molecule has 0 aliphatic heterocycles. The second-order valence-electron chi connectivity index (χ2n) is 6.31. The van der Waals surface area contributed by atoms with Crippen LogP contribution in [0.3, 0.4) is 0 Å². The maximum Gasteiger partial charge on any atom is 0.303 e. The lowest BCUT2D eigenvalue weighted by Gasteiger charge is -2.12. The third kappa shape index (κ3) is 6.43. The van der Waals surface area contributed by atoms with Crippen molar-refractivity contribution in [3.8, 4) is 0 Å². The topological polar surface area (TPSA) is 127 Å². The van der Waals surface area contributed by atoms with Gasteiger partial charge in [-0.05, 0) is 36.5 Å². The summed E-state index contributed by atoms with van der Waals surface area (Å²) in [6.07, 6.45) is 1.88. The number of nitro groups is 1. The summed E-state index contributed by atoms with van der Waals surface area (Å²) in [4.78, 5) is 21.0. The van der Waals surface area contributed by atoms with Crippen molar-refractivity contribution in [3.63, 3.8) is 0 Å². The Bertz CT molecular complexity index is 929. The molecule has 0 amide bonds. The smallest absolute Gasteiger partial charge is 0.303 e. The lowest BCUT2D eigenvalue weighted by molar-refractivity contribution is -0.385. The minimum atomic E-state index is -3.85. The molecule has 0 aromatic heterocycles. The third-order valence-corrected chi connectivity index (χ3v) is 5.70. The summed E-state index contributed by atoms with van der Waals surface area (Å²) < 4.78 is 27.9. The number of benzene rings is 2. The Morgan fingerprint density at radius 2 is 1.79 bits per heavy atom. The van der Waals surface area contributed by atoms with E-state index in [2.05, 4.69) is 4.72 Å². The van der Waals surface area contributed by atoms with Crippen molar-refractivity contribution in [1.29, 1.82) is 0 Å². The number of non-ortho nitro benzene ring substituents is 1. The average Bonchev–Trinajstić information content (AvgIpc) is 2.65. The molecular weight excluding hydrogens is 384 g/mol. The van der Waals surface area contributed by atoms with Crippen LogP contribution in [-0.2, 0) is 21.2 Å². The van der Waals surface area contributed by atoms with Gasteiger partial charge < -0.3 is 5.11 Å². The number of sulfonamides is 1. The van der Waals surface area contributed by atoms with Gasteiger partial charge >= 0.3 is 5.97 Å². The molecule has 0 radical (unpaired) electrons. The molecule has 0 heterocycles. The van der Waals surface area contributed by atoms with E-state index >= 15 is 0 Å². The van der Waals surface area contributed by atoms with Crippen LogP contribution >= 0.6 is 0 Å². The molecule has 2 aromatic carbocycles. The molecule has 8 nitrogen and oxygen atoms in total. The van der Waals surface area contributed by atoms with Crippen LogP contribution < -0.4 is 4.72 Å². The first kappa shape index (κ1) is 21.5. The zero-order valence-corrected chi connectivity index (χ0v) is 16.0. The SMILES string of the molecule is O=C(O)CCCCCNS(=O)(=O)c1ccc([N+](=O)[O-])cc1Cc1ccccc1. The van der Waals surface area contributed by atoms with Crippen molar-refractivity contribution in [2.75, 3.05) is 6.54 Å². The molecule has 0 unspecified atom stereocenters. The fourth-order valence-electron chi connectivity index (χ4n) is 2.76. The van der Waals surface area contributed by atoms with Crippen LogP contribution in [0.2, 0.25) is 0 Å². The van der Waals surface area contributed by atoms with E-state index in [4.69, 9.17) is 5.11 Å². The van der Waals surface area contributed by atoms with Crippen LogP contribution in [0.15, 0.2) is 53.4 Å². The molecule has 0 saturated carbocycles. The van der Waals surface area contributed by atoms with Gasteiger partial charge in [-0.15, -0.1) is 0 Å². The molecule has 2 aromatic rings. The van der Waals surface area contributed by atoms with Gasteiger partial charge in [0, 0.05) is 25.1 Å². The van der Waals surface area contributed by atoms with Gasteiger partial charge in [0.2, 0.25) is 10.0 Å². The van der Waals surface area contributed by atoms with E-state index in [0.717, 1.165) is 5.56 Å². The first-order chi connectivity index (χ1) is 13.3. The summed E-state index contributed by atoms with van der Waals surface area (Å²) in [5, 5.41) is 19.7. The summed E-state index contributed by atoms with van der Waals surface area (Å²) in [5.41, 5.74) is 1.02. The first-order valence-corrected chi connectivity index (χ1v) is 10.3. The second kappa shape index (κ2) is 9.95. The number of nitrogens with zero attached hydrogens (tertiary/aromatic N) is 1. The molecule has 0 fully saturated rings. The molecule has 2 rings (SSSR count). The third-order valence-electron chi connectivity index (χ3n) is 4.14. The maximum atomic E-state index is 12.7. The molecule has 28 heavy (non-hydrogen) atoms. The summed E-state index contributed by atoms with van der Waals surface area (Å²) in [6.45, 7) is 0.170. The molecule has 0 spiro atoms. The van der Waals surface area contributed by atoms with Crippen LogP contribution in [0.25, 0.3) is 0 Å². The zero-order valence-electron chi connectivity index (χ0n) is 15.2. The van der Waals surface area contributed by atoms with Crippen molar-refractivity contribution in [1.82, 2.24) is 4.72 Å². The molecule has 9 heteroatoms. The van der Waals surface area contributed by atoms with Crippen LogP contribution in [0.4, 0.5) is 5.69 Å². The fourth-order valence-corrected chi connectivity index (χ4v) is 4.05. The van der Waals surface area contributed by atoms with Gasteiger partial charge in [-0.2, -0.15) is 0 Å². The predicted octanol–water partition coefficient (Wildman–Crippen LogP) is 3.11. The Hall–Kier alpha value is -2.78. The highest BCUT2D eigenvalue weighted by atomic mass is 32.2. The van der Waals surface area contributed by atoms with Gasteiger partial charge in [0.15, 0.2) is 0 Å². The van der Waals surface area contributed by atoms with Crippen LogP contribution in [-0.4, -0.2) is 31.0 Å². The van der Waals surface area contributed by atoms with Gasteiger partial charge in [-0.1, -0.05) is 36.8 Å². The van der Waals surface area contributed by atoms with Gasteiger partial charge in [-0.3, -0.25) is 14.9 Å². The lowest BCUT2D eigenvalue weighted by Crippen LogP contribution is -2.26. The minimum absolute atomic E-state index is 0.00693. The summed E-state index contributed by atoms with van der Waals surface area (Å²) in [6, 6.07) is 12.8. The molecule has 0 saturated heterocycles. The van der Waals surface area contributed by atoms with Crippen molar-refractivity contribution >= 4 is 21.7 Å². The maximum absolute atomic E-state index is 12.7. The average molecular weight is 406 g/mol. The number of rotatable bonds is 11. The fraction of sp³-hybridized carbons (Fsp3) is 0.316. The lowest BCUT2D eigenvalue weighted by atomic mass is 10.0. The van der Waals surface area contributed by atoms with Crippen LogP contribution in [0, 0.1) is 10.1 Å². The number of unbranched alkanes of at least 4 members (excludes halogenated alkanes) is 2. The van der Waals surface area contributed by atoms with E-state index in [1.54, 1.807) is 0 Å². The van der Waals surface area contributed by atoms with Crippen molar-refractivity contribution in [3.05, 3.63) is 69.8 Å². The Balaban J connectivity index is 2.15. The number of carboxylic acids is 1. The molecular formula is C19H22N2O6S. The molecule has 0 aliphatic rings. The number of nitro benzene ring substituents is 1. The van der Waals surface area contributed by atoms with E-state index < -0.39 is 20.9 Å². The molecule has 0 aliphatic carbocycles. The standard InChI is InChI=1S/C19H22N2O6S/c22-19(23)9-5-2-6-12-20-28(26,27)18-11-10-17(21(24)25)14-16(18)13-15-7-3-1-4-8-15/h1,3-4,7-8,10-11,14,20H,2,5-6,9,12-13H2,(H,22,23). The van der Waals surface area contributed by atoms with E-state index in [-0.39, 0.29) is 30.0 Å². The van der Waals surface area contributed by atoms with Crippen LogP contribution in [0.1, 0.15) is 36.8 Å². The van der Waals surface area contributed by atoms with E-state index in [1.165, 1.54) is 18.2 Å². The molecule has 0 bridgehead atoms. The van der Waals surface area contributed by atoms with E-state index in [1.807, 2.05) is 30.3 Å². The summed E-state index contributed by atoms with van der Waals surface area (Å²) >= 11 is 0. The normalized spacial score (nSPS) is 11.3. The second-order valence-corrected chi connectivity index (χ2v) is 8.05.